The van der Waals surface area contributed by atoms with Gasteiger partial charge in [-0.2, -0.15) is 0 Å². The van der Waals surface area contributed by atoms with Crippen LogP contribution in [0.2, 0.25) is 0 Å². The van der Waals surface area contributed by atoms with Crippen LogP contribution in [0, 0.1) is 0 Å². The van der Waals surface area contributed by atoms with E-state index >= 15 is 0 Å². The van der Waals surface area contributed by atoms with Crippen LogP contribution in [0.3, 0.4) is 0 Å². The van der Waals surface area contributed by atoms with Crippen molar-refractivity contribution < 1.29 is 18.0 Å². The van der Waals surface area contributed by atoms with Crippen molar-refractivity contribution in [1.82, 2.24) is 10.2 Å². The monoisotopic (exact) mass is 579 g/mol. The molecule has 0 heterocycles. The van der Waals surface area contributed by atoms with Crippen LogP contribution in [0.4, 0.5) is 5.69 Å². The van der Waals surface area contributed by atoms with Crippen LogP contribution < -0.4 is 9.62 Å². The molecule has 0 radical (unpaired) electrons. The maximum atomic E-state index is 13.6. The van der Waals surface area contributed by atoms with Crippen molar-refractivity contribution in [2.45, 2.75) is 72.0 Å². The van der Waals surface area contributed by atoms with E-state index < -0.39 is 28.5 Å². The van der Waals surface area contributed by atoms with Gasteiger partial charge in [0.25, 0.3) is 0 Å². The molecule has 1 N–H and O–H groups in total. The maximum absolute atomic E-state index is 13.6. The Balaban J connectivity index is 2.40. The second-order valence-corrected chi connectivity index (χ2v) is 13.0. The summed E-state index contributed by atoms with van der Waals surface area (Å²) in [4.78, 5) is 28.0. The Morgan fingerprint density at radius 3 is 2.17 bits per heavy atom. The summed E-state index contributed by atoms with van der Waals surface area (Å²) < 4.78 is 27.4. The summed E-state index contributed by atoms with van der Waals surface area (Å²) in [6, 6.07) is 13.8. The second kappa shape index (κ2) is 12.2. The number of anilines is 1. The molecular weight excluding hydrogens is 542 g/mol. The van der Waals surface area contributed by atoms with Crippen molar-refractivity contribution in [2.24, 2.45) is 0 Å². The first-order chi connectivity index (χ1) is 16.6. The van der Waals surface area contributed by atoms with Crippen molar-refractivity contribution in [3.63, 3.8) is 0 Å². The third-order valence-electron chi connectivity index (χ3n) is 6.11. The number of rotatable bonds is 10. The van der Waals surface area contributed by atoms with Gasteiger partial charge in [0, 0.05) is 17.1 Å². The summed E-state index contributed by atoms with van der Waals surface area (Å²) in [5.41, 5.74) is 2.18. The van der Waals surface area contributed by atoms with E-state index in [-0.39, 0.29) is 23.9 Å². The summed E-state index contributed by atoms with van der Waals surface area (Å²) in [6.45, 7) is 11.5. The SMILES string of the molecule is CC[C@H](C)NC(=O)[C@@H](C)N(Cc1cccc(Br)c1)C(=O)CN(c1ccc(C(C)(C)C)cc1)S(C)(=O)=O. The largest absolute Gasteiger partial charge is 0.352 e. The smallest absolute Gasteiger partial charge is 0.244 e. The highest BCUT2D eigenvalue weighted by molar-refractivity contribution is 9.10. The fourth-order valence-corrected chi connectivity index (χ4v) is 4.92. The fourth-order valence-electron chi connectivity index (χ4n) is 3.62. The van der Waals surface area contributed by atoms with E-state index in [9.17, 15) is 18.0 Å². The highest BCUT2D eigenvalue weighted by Crippen LogP contribution is 2.26. The zero-order valence-corrected chi connectivity index (χ0v) is 24.6. The van der Waals surface area contributed by atoms with Gasteiger partial charge in [0.2, 0.25) is 21.8 Å². The molecule has 0 fully saturated rings. The van der Waals surface area contributed by atoms with Crippen LogP contribution in [-0.4, -0.2) is 50.0 Å². The number of sulfonamides is 1. The lowest BCUT2D eigenvalue weighted by molar-refractivity contribution is -0.139. The number of halogens is 1. The number of nitrogens with zero attached hydrogens (tertiary/aromatic N) is 2. The highest BCUT2D eigenvalue weighted by Gasteiger charge is 2.30. The Bertz CT molecular complexity index is 1160. The third kappa shape index (κ3) is 8.34. The Morgan fingerprint density at radius 1 is 1.06 bits per heavy atom. The average molecular weight is 581 g/mol. The van der Waals surface area contributed by atoms with Crippen LogP contribution in [0.15, 0.2) is 53.0 Å². The number of carbonyl (C=O) groups is 2. The standard InChI is InChI=1S/C27H38BrN3O4S/c1-8-19(2)29-26(33)20(3)30(17-21-10-9-11-23(28)16-21)25(32)18-31(36(7,34)35)24-14-12-22(13-15-24)27(4,5)6/h9-16,19-20H,8,17-18H2,1-7H3,(H,29,33)/t19-,20+/m0/s1. The molecule has 0 spiro atoms. The van der Waals surface area contributed by atoms with Crippen LogP contribution in [0.25, 0.3) is 0 Å². The van der Waals surface area contributed by atoms with Crippen molar-refractivity contribution in [1.29, 1.82) is 0 Å². The molecule has 0 aromatic heterocycles. The van der Waals surface area contributed by atoms with Gasteiger partial charge in [-0.1, -0.05) is 67.9 Å². The molecule has 0 aliphatic heterocycles. The molecule has 2 aromatic carbocycles. The number of amides is 2. The Kier molecular flexibility index (Phi) is 10.1. The van der Waals surface area contributed by atoms with Gasteiger partial charge >= 0.3 is 0 Å². The fraction of sp³-hybridized carbons (Fsp3) is 0.481. The minimum atomic E-state index is -3.77. The molecule has 0 bridgehead atoms. The Hall–Kier alpha value is -2.39. The minimum absolute atomic E-state index is 0.0448. The van der Waals surface area contributed by atoms with Gasteiger partial charge in [-0.25, -0.2) is 8.42 Å². The summed E-state index contributed by atoms with van der Waals surface area (Å²) in [7, 11) is -3.77. The normalized spacial score (nSPS) is 13.6. The summed E-state index contributed by atoms with van der Waals surface area (Å²) in [5, 5.41) is 2.92. The Morgan fingerprint density at radius 2 is 1.67 bits per heavy atom. The van der Waals surface area contributed by atoms with E-state index in [1.54, 1.807) is 19.1 Å². The molecule has 0 aliphatic carbocycles. The molecule has 2 amide bonds. The maximum Gasteiger partial charge on any atom is 0.244 e. The predicted octanol–water partition coefficient (Wildman–Crippen LogP) is 4.84. The van der Waals surface area contributed by atoms with Crippen molar-refractivity contribution in [3.8, 4) is 0 Å². The third-order valence-corrected chi connectivity index (χ3v) is 7.74. The first-order valence-electron chi connectivity index (χ1n) is 12.1. The zero-order valence-electron chi connectivity index (χ0n) is 22.2. The van der Waals surface area contributed by atoms with Crippen LogP contribution in [0.5, 0.6) is 0 Å². The van der Waals surface area contributed by atoms with E-state index in [1.165, 1.54) is 4.90 Å². The number of hydrogen-bond acceptors (Lipinski definition) is 4. The van der Waals surface area contributed by atoms with E-state index in [2.05, 4.69) is 42.0 Å². The van der Waals surface area contributed by atoms with Gasteiger partial charge in [-0.15, -0.1) is 0 Å². The predicted molar refractivity (Wildman–Crippen MR) is 149 cm³/mol. The Labute approximate surface area is 224 Å². The lowest BCUT2D eigenvalue weighted by atomic mass is 9.87. The van der Waals surface area contributed by atoms with E-state index in [0.29, 0.717) is 5.69 Å². The molecule has 0 saturated carbocycles. The van der Waals surface area contributed by atoms with Gasteiger partial charge in [0.05, 0.1) is 11.9 Å². The van der Waals surface area contributed by atoms with E-state index in [4.69, 9.17) is 0 Å². The molecule has 2 aromatic rings. The van der Waals surface area contributed by atoms with Gasteiger partial charge < -0.3 is 10.2 Å². The molecule has 9 heteroatoms. The number of hydrogen-bond donors (Lipinski definition) is 1. The van der Waals surface area contributed by atoms with Crippen molar-refractivity contribution in [2.75, 3.05) is 17.1 Å². The number of carbonyl (C=O) groups excluding carboxylic acids is 2. The summed E-state index contributed by atoms with van der Waals surface area (Å²) >= 11 is 3.44. The first-order valence-corrected chi connectivity index (χ1v) is 14.7. The molecule has 2 rings (SSSR count). The van der Waals surface area contributed by atoms with Gasteiger partial charge in [0.15, 0.2) is 0 Å². The molecule has 198 valence electrons. The molecule has 0 unspecified atom stereocenters. The van der Waals surface area contributed by atoms with E-state index in [0.717, 1.165) is 32.6 Å². The topological polar surface area (TPSA) is 86.8 Å². The number of benzene rings is 2. The zero-order chi connectivity index (χ0) is 27.3. The molecule has 0 saturated heterocycles. The van der Waals surface area contributed by atoms with Crippen LogP contribution in [-0.2, 0) is 31.6 Å². The van der Waals surface area contributed by atoms with Gasteiger partial charge in [-0.3, -0.25) is 13.9 Å². The summed E-state index contributed by atoms with van der Waals surface area (Å²) in [5.74, 6) is -0.750. The quantitative estimate of drug-likeness (QED) is 0.436. The lowest BCUT2D eigenvalue weighted by Crippen LogP contribution is -2.52. The van der Waals surface area contributed by atoms with Crippen LogP contribution >= 0.6 is 15.9 Å². The molecule has 36 heavy (non-hydrogen) atoms. The first kappa shape index (κ1) is 29.8. The van der Waals surface area contributed by atoms with Crippen LogP contribution in [0.1, 0.15) is 59.1 Å². The molecule has 0 aliphatic rings. The van der Waals surface area contributed by atoms with Gasteiger partial charge in [0.1, 0.15) is 12.6 Å². The molecule has 7 nitrogen and oxygen atoms in total. The lowest BCUT2D eigenvalue weighted by Gasteiger charge is -2.32. The molecule has 2 atom stereocenters. The highest BCUT2D eigenvalue weighted by atomic mass is 79.9. The van der Waals surface area contributed by atoms with E-state index in [1.807, 2.05) is 50.2 Å². The average Bonchev–Trinajstić information content (AvgIpc) is 2.79. The summed E-state index contributed by atoms with van der Waals surface area (Å²) in [6.07, 6.45) is 1.83. The minimum Gasteiger partial charge on any atom is -0.352 e. The molecular formula is C27H38BrN3O4S. The van der Waals surface area contributed by atoms with Crippen molar-refractivity contribution in [3.05, 3.63) is 64.1 Å². The van der Waals surface area contributed by atoms with Gasteiger partial charge in [-0.05, 0) is 61.1 Å². The number of nitrogens with one attached hydrogen (secondary N) is 1. The van der Waals surface area contributed by atoms with Crippen molar-refractivity contribution >= 4 is 43.5 Å². The second-order valence-electron chi connectivity index (χ2n) is 10.2.